The van der Waals surface area contributed by atoms with Crippen molar-refractivity contribution in [3.8, 4) is 5.88 Å². The van der Waals surface area contributed by atoms with Gasteiger partial charge in [0.2, 0.25) is 5.88 Å². The molecule has 0 spiro atoms. The fourth-order valence-corrected chi connectivity index (χ4v) is 2.29. The molecule has 0 radical (unpaired) electrons. The molecule has 2 aromatic rings. The monoisotopic (exact) mass is 264 g/mol. The van der Waals surface area contributed by atoms with Gasteiger partial charge >= 0.3 is 0 Å². The molecule has 6 nitrogen and oxygen atoms in total. The Balaban J connectivity index is 2.22. The van der Waals surface area contributed by atoms with Crippen molar-refractivity contribution in [2.45, 2.75) is 32.9 Å². The van der Waals surface area contributed by atoms with Gasteiger partial charge in [0.05, 0.1) is 30.7 Å². The Morgan fingerprint density at radius 1 is 1.47 bits per heavy atom. The van der Waals surface area contributed by atoms with E-state index in [0.717, 1.165) is 23.4 Å². The van der Waals surface area contributed by atoms with Crippen molar-refractivity contribution in [2.75, 3.05) is 7.11 Å². The van der Waals surface area contributed by atoms with Gasteiger partial charge in [-0.2, -0.15) is 10.2 Å². The van der Waals surface area contributed by atoms with Crippen LogP contribution in [0.15, 0.2) is 12.4 Å². The van der Waals surface area contributed by atoms with Crippen molar-refractivity contribution < 1.29 is 9.84 Å². The lowest BCUT2D eigenvalue weighted by molar-refractivity contribution is 0.172. The largest absolute Gasteiger partial charge is 0.481 e. The summed E-state index contributed by atoms with van der Waals surface area (Å²) in [6, 6.07) is 0. The third-order valence-corrected chi connectivity index (χ3v) is 3.18. The molecule has 0 saturated carbocycles. The number of ether oxygens (including phenoxy) is 1. The lowest BCUT2D eigenvalue weighted by Crippen LogP contribution is -2.05. The van der Waals surface area contributed by atoms with Crippen molar-refractivity contribution in [1.29, 1.82) is 0 Å². The summed E-state index contributed by atoms with van der Waals surface area (Å²) in [5.41, 5.74) is 2.53. The normalized spacial score (nSPS) is 12.7. The molecule has 2 aromatic heterocycles. The van der Waals surface area contributed by atoms with Crippen molar-refractivity contribution in [3.05, 3.63) is 29.2 Å². The van der Waals surface area contributed by atoms with E-state index in [2.05, 4.69) is 10.2 Å². The Morgan fingerprint density at radius 2 is 2.21 bits per heavy atom. The van der Waals surface area contributed by atoms with Crippen molar-refractivity contribution >= 4 is 0 Å². The van der Waals surface area contributed by atoms with Gasteiger partial charge in [-0.25, -0.2) is 4.68 Å². The van der Waals surface area contributed by atoms with Crippen molar-refractivity contribution in [1.82, 2.24) is 19.6 Å². The van der Waals surface area contributed by atoms with Crippen LogP contribution in [0.5, 0.6) is 5.88 Å². The molecular formula is C13H20N4O2. The summed E-state index contributed by atoms with van der Waals surface area (Å²) < 4.78 is 8.79. The third kappa shape index (κ3) is 2.63. The van der Waals surface area contributed by atoms with Crippen LogP contribution in [0.25, 0.3) is 0 Å². The zero-order valence-corrected chi connectivity index (χ0v) is 11.8. The van der Waals surface area contributed by atoms with E-state index in [4.69, 9.17) is 4.74 Å². The lowest BCUT2D eigenvalue weighted by atomic mass is 10.0. The predicted octanol–water partition coefficient (Wildman–Crippen LogP) is 1.23. The molecule has 0 fully saturated rings. The molecule has 0 aliphatic rings. The second-order valence-corrected chi connectivity index (χ2v) is 4.56. The first kappa shape index (κ1) is 13.6. The van der Waals surface area contributed by atoms with Crippen LogP contribution in [0.4, 0.5) is 0 Å². The number of nitrogens with zero attached hydrogens (tertiary/aromatic N) is 4. The van der Waals surface area contributed by atoms with Gasteiger partial charge in [0.25, 0.3) is 0 Å². The Labute approximate surface area is 112 Å². The number of aliphatic hydroxyl groups excluding tert-OH is 1. The maximum absolute atomic E-state index is 10.4. The molecule has 104 valence electrons. The minimum Gasteiger partial charge on any atom is -0.481 e. The van der Waals surface area contributed by atoms with E-state index in [1.807, 2.05) is 24.7 Å². The van der Waals surface area contributed by atoms with Gasteiger partial charge in [-0.1, -0.05) is 0 Å². The first-order valence-electron chi connectivity index (χ1n) is 6.33. The topological polar surface area (TPSA) is 65.1 Å². The molecule has 0 amide bonds. The number of aromatic nitrogens is 4. The van der Waals surface area contributed by atoms with Crippen LogP contribution in [0.2, 0.25) is 0 Å². The highest BCUT2D eigenvalue weighted by molar-refractivity contribution is 5.34. The molecule has 1 unspecified atom stereocenters. The van der Waals surface area contributed by atoms with Crippen LogP contribution >= 0.6 is 0 Å². The van der Waals surface area contributed by atoms with E-state index < -0.39 is 6.10 Å². The molecule has 19 heavy (non-hydrogen) atoms. The molecule has 0 saturated heterocycles. The van der Waals surface area contributed by atoms with Gasteiger partial charge < -0.3 is 9.84 Å². The molecular weight excluding hydrogens is 244 g/mol. The molecule has 2 heterocycles. The minimum atomic E-state index is -0.641. The average Bonchev–Trinajstić information content (AvgIpc) is 2.92. The molecule has 0 aromatic carbocycles. The lowest BCUT2D eigenvalue weighted by Gasteiger charge is -2.11. The Kier molecular flexibility index (Phi) is 3.90. The van der Waals surface area contributed by atoms with E-state index in [1.165, 1.54) is 0 Å². The third-order valence-electron chi connectivity index (χ3n) is 3.18. The molecule has 0 aliphatic heterocycles. The van der Waals surface area contributed by atoms with E-state index in [0.29, 0.717) is 12.3 Å². The first-order valence-corrected chi connectivity index (χ1v) is 6.33. The van der Waals surface area contributed by atoms with Gasteiger partial charge in [-0.3, -0.25) is 4.68 Å². The van der Waals surface area contributed by atoms with Gasteiger partial charge in [0, 0.05) is 26.2 Å². The minimum absolute atomic E-state index is 0.503. The first-order chi connectivity index (χ1) is 9.06. The van der Waals surface area contributed by atoms with E-state index >= 15 is 0 Å². The number of methoxy groups -OCH3 is 1. The maximum Gasteiger partial charge on any atom is 0.217 e. The van der Waals surface area contributed by atoms with E-state index in [1.54, 1.807) is 25.0 Å². The zero-order chi connectivity index (χ0) is 14.0. The Hall–Kier alpha value is -1.82. The molecule has 1 atom stereocenters. The van der Waals surface area contributed by atoms with Gasteiger partial charge in [-0.05, 0) is 19.4 Å². The zero-order valence-electron chi connectivity index (χ0n) is 11.8. The highest BCUT2D eigenvalue weighted by atomic mass is 16.5. The summed E-state index contributed by atoms with van der Waals surface area (Å²) in [4.78, 5) is 0. The quantitative estimate of drug-likeness (QED) is 0.882. The summed E-state index contributed by atoms with van der Waals surface area (Å²) in [5.74, 6) is 0.605. The van der Waals surface area contributed by atoms with Crippen LogP contribution in [0.3, 0.4) is 0 Å². The number of aliphatic hydroxyl groups is 1. The molecule has 6 heteroatoms. The van der Waals surface area contributed by atoms with Gasteiger partial charge in [0.1, 0.15) is 0 Å². The summed E-state index contributed by atoms with van der Waals surface area (Å²) in [5, 5.41) is 18.9. The van der Waals surface area contributed by atoms with Crippen LogP contribution in [0.1, 0.15) is 29.8 Å². The molecule has 1 N–H and O–H groups in total. The molecule has 0 aliphatic carbocycles. The molecule has 0 bridgehead atoms. The fraction of sp³-hybridized carbons (Fsp3) is 0.538. The van der Waals surface area contributed by atoms with Crippen LogP contribution < -0.4 is 4.74 Å². The summed E-state index contributed by atoms with van der Waals surface area (Å²) in [7, 11) is 3.39. The maximum atomic E-state index is 10.4. The van der Waals surface area contributed by atoms with E-state index in [-0.39, 0.29) is 0 Å². The standard InChI is InChI=1S/C13H20N4O2/c1-5-17-8-10(7-14-17)6-11(18)12-9(2)15-16(3)13(12)19-4/h7-8,11,18H,5-6H2,1-4H3. The Morgan fingerprint density at radius 3 is 2.79 bits per heavy atom. The van der Waals surface area contributed by atoms with Crippen molar-refractivity contribution in [3.63, 3.8) is 0 Å². The number of hydrogen-bond donors (Lipinski definition) is 1. The van der Waals surface area contributed by atoms with Crippen LogP contribution in [0, 0.1) is 6.92 Å². The van der Waals surface area contributed by atoms with Crippen LogP contribution in [-0.2, 0) is 20.0 Å². The number of aryl methyl sites for hydroxylation is 3. The SMILES string of the molecule is CCn1cc(CC(O)c2c(C)nn(C)c2OC)cn1. The summed E-state index contributed by atoms with van der Waals surface area (Å²) >= 11 is 0. The summed E-state index contributed by atoms with van der Waals surface area (Å²) in [6.07, 6.45) is 3.59. The second kappa shape index (κ2) is 5.44. The average molecular weight is 264 g/mol. The highest BCUT2D eigenvalue weighted by Gasteiger charge is 2.22. The second-order valence-electron chi connectivity index (χ2n) is 4.56. The number of rotatable bonds is 5. The highest BCUT2D eigenvalue weighted by Crippen LogP contribution is 2.29. The van der Waals surface area contributed by atoms with Gasteiger partial charge in [0.15, 0.2) is 0 Å². The fourth-order valence-electron chi connectivity index (χ4n) is 2.29. The van der Waals surface area contributed by atoms with Gasteiger partial charge in [-0.15, -0.1) is 0 Å². The molecule has 2 rings (SSSR count). The van der Waals surface area contributed by atoms with Crippen LogP contribution in [-0.4, -0.2) is 31.8 Å². The van der Waals surface area contributed by atoms with Crippen molar-refractivity contribution in [2.24, 2.45) is 7.05 Å². The number of hydrogen-bond acceptors (Lipinski definition) is 4. The Bertz CT molecular complexity index is 559. The summed E-state index contributed by atoms with van der Waals surface area (Å²) in [6.45, 7) is 4.73. The van der Waals surface area contributed by atoms with E-state index in [9.17, 15) is 5.11 Å². The predicted molar refractivity (Wildman–Crippen MR) is 71.1 cm³/mol. The smallest absolute Gasteiger partial charge is 0.217 e.